The number of esters is 1. The topological polar surface area (TPSA) is 85.4 Å². The zero-order valence-corrected chi connectivity index (χ0v) is 26.0. The Morgan fingerprint density at radius 3 is 2.54 bits per heavy atom. The normalized spacial score (nSPS) is 32.9. The summed E-state index contributed by atoms with van der Waals surface area (Å²) in [6.45, 7) is 21.3. The Hall–Kier alpha value is -2.08. The molecule has 0 aromatic rings. The average Bonchev–Trinajstić information content (AvgIpc) is 3.59. The monoisotopic (exact) mass is 546 g/mol. The summed E-state index contributed by atoms with van der Waals surface area (Å²) in [7, 11) is 0. The summed E-state index contributed by atoms with van der Waals surface area (Å²) in [4.78, 5) is 24.3. The molecule has 2 aliphatic rings. The van der Waals surface area contributed by atoms with Gasteiger partial charge in [-0.15, -0.1) is 0 Å². The van der Waals surface area contributed by atoms with E-state index >= 15 is 0 Å². The Morgan fingerprint density at radius 1 is 1.26 bits per heavy atom. The Balaban J connectivity index is 2.18. The minimum Gasteiger partial charge on any atom is -0.457 e. The number of epoxide rings is 1. The second-order valence-corrected chi connectivity index (χ2v) is 13.6. The van der Waals surface area contributed by atoms with Gasteiger partial charge in [-0.05, 0) is 61.0 Å². The Labute approximate surface area is 237 Å². The highest BCUT2D eigenvalue weighted by Crippen LogP contribution is 2.41. The highest BCUT2D eigenvalue weighted by Gasteiger charge is 2.46. The second-order valence-electron chi connectivity index (χ2n) is 13.6. The molecule has 0 saturated carbocycles. The van der Waals surface area contributed by atoms with Gasteiger partial charge in [0.2, 0.25) is 0 Å². The highest BCUT2D eigenvalue weighted by atomic mass is 16.7. The summed E-state index contributed by atoms with van der Waals surface area (Å²) in [5.41, 5.74) is 0.526. The maximum Gasteiger partial charge on any atom is 0.506 e. The van der Waals surface area contributed by atoms with Gasteiger partial charge in [-0.3, -0.25) is 4.79 Å². The third kappa shape index (κ3) is 10.4. The fourth-order valence-electron chi connectivity index (χ4n) is 5.52. The first-order chi connectivity index (χ1) is 18.1. The van der Waals surface area contributed by atoms with Crippen molar-refractivity contribution >= 4 is 12.1 Å². The van der Waals surface area contributed by atoms with E-state index in [0.717, 1.165) is 24.8 Å². The van der Waals surface area contributed by atoms with Crippen molar-refractivity contribution in [3.8, 4) is 0 Å². The smallest absolute Gasteiger partial charge is 0.457 e. The van der Waals surface area contributed by atoms with Gasteiger partial charge in [-0.1, -0.05) is 93.0 Å². The van der Waals surface area contributed by atoms with Crippen LogP contribution in [-0.2, 0) is 19.0 Å². The summed E-state index contributed by atoms with van der Waals surface area (Å²) >= 11 is 0. The Bertz CT molecular complexity index is 913. The molecule has 8 atom stereocenters. The van der Waals surface area contributed by atoms with Crippen LogP contribution < -0.4 is 0 Å². The Morgan fingerprint density at radius 2 is 1.92 bits per heavy atom. The SMILES string of the molecule is CCC(C)C(C)C1OC1CC(C)(C)/C=C/C=C(\C)C1OC(=O)CC(C)CCC(C)(C)C(OC(=O)O)/C=C/C1C. The van der Waals surface area contributed by atoms with Crippen LogP contribution in [0, 0.1) is 34.5 Å². The molecule has 6 heteroatoms. The van der Waals surface area contributed by atoms with Crippen molar-refractivity contribution in [2.45, 2.75) is 126 Å². The number of cyclic esters (lactones) is 1. The van der Waals surface area contributed by atoms with Gasteiger partial charge in [0, 0.05) is 17.8 Å². The van der Waals surface area contributed by atoms with Crippen molar-refractivity contribution in [2.24, 2.45) is 34.5 Å². The molecule has 2 rings (SSSR count). The van der Waals surface area contributed by atoms with E-state index in [4.69, 9.17) is 14.2 Å². The predicted molar refractivity (Wildman–Crippen MR) is 156 cm³/mol. The summed E-state index contributed by atoms with van der Waals surface area (Å²) in [5, 5.41) is 9.33. The molecule has 0 amide bonds. The predicted octanol–water partition coefficient (Wildman–Crippen LogP) is 8.37. The van der Waals surface area contributed by atoms with Gasteiger partial charge in [0.15, 0.2) is 0 Å². The zero-order valence-electron chi connectivity index (χ0n) is 26.0. The summed E-state index contributed by atoms with van der Waals surface area (Å²) in [5.74, 6) is 1.01. The van der Waals surface area contributed by atoms with Crippen molar-refractivity contribution in [1.82, 2.24) is 0 Å². The summed E-state index contributed by atoms with van der Waals surface area (Å²) in [6, 6.07) is 0. The molecule has 0 bridgehead atoms. The molecule has 8 unspecified atom stereocenters. The zero-order chi connectivity index (χ0) is 29.5. The molecule has 0 aromatic carbocycles. The molecule has 39 heavy (non-hydrogen) atoms. The van der Waals surface area contributed by atoms with E-state index in [2.05, 4.69) is 46.8 Å². The number of carbonyl (C=O) groups is 2. The van der Waals surface area contributed by atoms with Crippen LogP contribution in [0.3, 0.4) is 0 Å². The highest BCUT2D eigenvalue weighted by molar-refractivity contribution is 5.70. The molecule has 1 N–H and O–H groups in total. The largest absolute Gasteiger partial charge is 0.506 e. The van der Waals surface area contributed by atoms with Crippen LogP contribution in [-0.4, -0.2) is 41.6 Å². The quantitative estimate of drug-likeness (QED) is 0.135. The molecular weight excluding hydrogens is 492 g/mol. The molecule has 6 nitrogen and oxygen atoms in total. The molecule has 0 spiro atoms. The first-order valence-electron chi connectivity index (χ1n) is 14.8. The van der Waals surface area contributed by atoms with Crippen molar-refractivity contribution in [2.75, 3.05) is 0 Å². The van der Waals surface area contributed by atoms with E-state index in [9.17, 15) is 14.7 Å². The van der Waals surface area contributed by atoms with E-state index in [0.29, 0.717) is 30.5 Å². The fourth-order valence-corrected chi connectivity index (χ4v) is 5.52. The molecule has 2 aliphatic heterocycles. The summed E-state index contributed by atoms with van der Waals surface area (Å²) < 4.78 is 17.3. The van der Waals surface area contributed by atoms with Crippen LogP contribution in [0.5, 0.6) is 0 Å². The maximum absolute atomic E-state index is 12.8. The first kappa shape index (κ1) is 33.1. The number of hydrogen-bond donors (Lipinski definition) is 1. The van der Waals surface area contributed by atoms with Crippen LogP contribution in [0.15, 0.2) is 36.0 Å². The standard InChI is InChI=1S/C33H54O6/c1-11-22(3)25(6)30-26(37-30)20-32(7,8)17-12-13-23(4)29-24(5)14-15-27(38-31(35)36)33(9,10)18-16-21(2)19-28(34)39-29/h12-15,17,21-22,24-27,29-30H,11,16,18-20H2,1-10H3,(H,35,36)/b15-14+,17-12+,23-13+. The lowest BCUT2D eigenvalue weighted by Gasteiger charge is -2.33. The number of allylic oxidation sites excluding steroid dienone is 3. The van der Waals surface area contributed by atoms with Crippen molar-refractivity contribution in [3.05, 3.63) is 36.0 Å². The van der Waals surface area contributed by atoms with Gasteiger partial charge in [0.25, 0.3) is 0 Å². The number of carbonyl (C=O) groups excluding carboxylic acids is 1. The molecule has 0 radical (unpaired) electrons. The molecule has 1 saturated heterocycles. The lowest BCUT2D eigenvalue weighted by molar-refractivity contribution is -0.149. The summed E-state index contributed by atoms with van der Waals surface area (Å²) in [6.07, 6.45) is 12.4. The van der Waals surface area contributed by atoms with Crippen LogP contribution in [0.25, 0.3) is 0 Å². The van der Waals surface area contributed by atoms with Crippen LogP contribution in [0.1, 0.15) is 101 Å². The van der Waals surface area contributed by atoms with Gasteiger partial charge in [-0.2, -0.15) is 0 Å². The van der Waals surface area contributed by atoms with Crippen molar-refractivity contribution < 1.29 is 28.9 Å². The minimum absolute atomic E-state index is 0.0253. The van der Waals surface area contributed by atoms with E-state index in [1.54, 1.807) is 0 Å². The molecule has 0 aromatic heterocycles. The van der Waals surface area contributed by atoms with Crippen LogP contribution in [0.4, 0.5) is 4.79 Å². The molecule has 1 fully saturated rings. The number of carboxylic acid groups (broad SMARTS) is 1. The lowest BCUT2D eigenvalue weighted by Crippen LogP contribution is -2.34. The van der Waals surface area contributed by atoms with E-state index in [1.807, 2.05) is 52.8 Å². The number of ether oxygens (including phenoxy) is 3. The van der Waals surface area contributed by atoms with Crippen LogP contribution >= 0.6 is 0 Å². The van der Waals surface area contributed by atoms with Crippen molar-refractivity contribution in [1.29, 1.82) is 0 Å². The Kier molecular flexibility index (Phi) is 11.9. The van der Waals surface area contributed by atoms with E-state index < -0.39 is 23.8 Å². The van der Waals surface area contributed by atoms with Gasteiger partial charge in [0.1, 0.15) is 12.2 Å². The van der Waals surface area contributed by atoms with Gasteiger partial charge in [0.05, 0.1) is 12.2 Å². The number of hydrogen-bond acceptors (Lipinski definition) is 5. The number of rotatable bonds is 9. The van der Waals surface area contributed by atoms with E-state index in [-0.39, 0.29) is 23.2 Å². The maximum atomic E-state index is 12.8. The lowest BCUT2D eigenvalue weighted by atomic mass is 9.78. The first-order valence-corrected chi connectivity index (χ1v) is 14.8. The average molecular weight is 547 g/mol. The second kappa shape index (κ2) is 14.0. The minimum atomic E-state index is -1.28. The van der Waals surface area contributed by atoms with Gasteiger partial charge < -0.3 is 19.3 Å². The van der Waals surface area contributed by atoms with Gasteiger partial charge >= 0.3 is 12.1 Å². The molecule has 0 aliphatic carbocycles. The molecule has 222 valence electrons. The van der Waals surface area contributed by atoms with Crippen molar-refractivity contribution in [3.63, 3.8) is 0 Å². The van der Waals surface area contributed by atoms with Crippen LogP contribution in [0.2, 0.25) is 0 Å². The molecular formula is C33H54O6. The molecule has 2 heterocycles. The van der Waals surface area contributed by atoms with E-state index in [1.165, 1.54) is 6.42 Å². The third-order valence-corrected chi connectivity index (χ3v) is 8.88. The van der Waals surface area contributed by atoms with Gasteiger partial charge in [-0.25, -0.2) is 4.79 Å². The third-order valence-electron chi connectivity index (χ3n) is 8.88. The fraction of sp³-hybridized carbons (Fsp3) is 0.758.